The molecular weight excluding hydrogens is 264 g/mol. The number of rotatable bonds is 7. The van der Waals surface area contributed by atoms with Gasteiger partial charge in [-0.1, -0.05) is 11.6 Å². The third-order valence-electron chi connectivity index (χ3n) is 2.94. The minimum Gasteiger partial charge on any atom is -0.351 e. The molecule has 0 bridgehead atoms. The third kappa shape index (κ3) is 5.98. The first-order chi connectivity index (χ1) is 9.00. The van der Waals surface area contributed by atoms with Crippen molar-refractivity contribution in [3.63, 3.8) is 0 Å². The summed E-state index contributed by atoms with van der Waals surface area (Å²) in [5.41, 5.74) is 0.256. The van der Waals surface area contributed by atoms with Crippen molar-refractivity contribution in [2.45, 2.75) is 32.7 Å². The number of nitrogens with one attached hydrogen (secondary N) is 1. The van der Waals surface area contributed by atoms with E-state index in [2.05, 4.69) is 41.1 Å². The number of hydrogen-bond acceptors (Lipinski definition) is 4. The van der Waals surface area contributed by atoms with Crippen LogP contribution in [0.2, 0.25) is 5.15 Å². The Hall–Kier alpha value is -1.20. The van der Waals surface area contributed by atoms with Gasteiger partial charge >= 0.3 is 0 Å². The van der Waals surface area contributed by atoms with Gasteiger partial charge in [0.1, 0.15) is 10.8 Å². The molecule has 0 unspecified atom stereocenters. The summed E-state index contributed by atoms with van der Waals surface area (Å²) in [6.45, 7) is 6.00. The average molecular weight is 285 g/mol. The fourth-order valence-electron chi connectivity index (χ4n) is 1.49. The second kappa shape index (κ2) is 8.07. The summed E-state index contributed by atoms with van der Waals surface area (Å²) in [6.07, 6.45) is 4.81. The molecule has 0 spiro atoms. The topological polar surface area (TPSA) is 58.1 Å². The lowest BCUT2D eigenvalue weighted by molar-refractivity contribution is 0.0947. The van der Waals surface area contributed by atoms with Gasteiger partial charge < -0.3 is 10.2 Å². The number of aromatic nitrogens is 2. The van der Waals surface area contributed by atoms with Crippen LogP contribution in [0.3, 0.4) is 0 Å². The Kier molecular flexibility index (Phi) is 6.73. The fourth-order valence-corrected chi connectivity index (χ4v) is 1.64. The minimum atomic E-state index is -0.229. The second-order valence-electron chi connectivity index (χ2n) is 4.76. The van der Waals surface area contributed by atoms with Crippen molar-refractivity contribution in [3.05, 3.63) is 23.2 Å². The average Bonchev–Trinajstić information content (AvgIpc) is 2.37. The Morgan fingerprint density at radius 1 is 1.42 bits per heavy atom. The van der Waals surface area contributed by atoms with Crippen LogP contribution in [0.5, 0.6) is 0 Å². The van der Waals surface area contributed by atoms with Crippen LogP contribution < -0.4 is 5.32 Å². The highest BCUT2D eigenvalue weighted by molar-refractivity contribution is 6.29. The first kappa shape index (κ1) is 15.9. The zero-order chi connectivity index (χ0) is 14.3. The molecular formula is C13H21ClN4O. The van der Waals surface area contributed by atoms with Gasteiger partial charge in [0.2, 0.25) is 0 Å². The lowest BCUT2D eigenvalue weighted by atomic mass is 10.2. The maximum absolute atomic E-state index is 11.7. The quantitative estimate of drug-likeness (QED) is 0.778. The molecule has 19 heavy (non-hydrogen) atoms. The van der Waals surface area contributed by atoms with Gasteiger partial charge in [0.25, 0.3) is 5.91 Å². The lowest BCUT2D eigenvalue weighted by Crippen LogP contribution is -2.29. The highest BCUT2D eigenvalue weighted by atomic mass is 35.5. The lowest BCUT2D eigenvalue weighted by Gasteiger charge is -2.20. The standard InChI is InChI=1S/C13H21ClN4O/c1-10(2)18(3)7-5-4-6-16-13(19)11-8-15-9-12(14)17-11/h8-10H,4-7H2,1-3H3,(H,16,19). The van der Waals surface area contributed by atoms with E-state index >= 15 is 0 Å². The van der Waals surface area contributed by atoms with Crippen molar-refractivity contribution in [2.24, 2.45) is 0 Å². The van der Waals surface area contributed by atoms with Gasteiger partial charge in [0, 0.05) is 12.6 Å². The molecule has 0 saturated heterocycles. The molecule has 0 radical (unpaired) electrons. The van der Waals surface area contributed by atoms with Crippen molar-refractivity contribution in [1.29, 1.82) is 0 Å². The van der Waals surface area contributed by atoms with Crippen LogP contribution in [0.25, 0.3) is 0 Å². The summed E-state index contributed by atoms with van der Waals surface area (Å²) in [7, 11) is 2.10. The zero-order valence-corrected chi connectivity index (χ0v) is 12.4. The number of nitrogens with zero attached hydrogens (tertiary/aromatic N) is 3. The number of halogens is 1. The maximum Gasteiger partial charge on any atom is 0.271 e. The zero-order valence-electron chi connectivity index (χ0n) is 11.7. The van der Waals surface area contributed by atoms with E-state index in [-0.39, 0.29) is 16.8 Å². The van der Waals surface area contributed by atoms with E-state index in [0.29, 0.717) is 12.6 Å². The molecule has 0 aliphatic carbocycles. The molecule has 0 aliphatic heterocycles. The molecule has 1 N–H and O–H groups in total. The first-order valence-corrected chi connectivity index (χ1v) is 6.84. The predicted octanol–water partition coefficient (Wildman–Crippen LogP) is 1.98. The molecule has 5 nitrogen and oxygen atoms in total. The largest absolute Gasteiger partial charge is 0.351 e. The van der Waals surface area contributed by atoms with E-state index in [1.807, 2.05) is 0 Å². The van der Waals surface area contributed by atoms with E-state index in [0.717, 1.165) is 19.4 Å². The van der Waals surface area contributed by atoms with Crippen LogP contribution in [0, 0.1) is 0 Å². The molecule has 0 fully saturated rings. The highest BCUT2D eigenvalue weighted by Gasteiger charge is 2.07. The number of hydrogen-bond donors (Lipinski definition) is 1. The monoisotopic (exact) mass is 284 g/mol. The fraction of sp³-hybridized carbons (Fsp3) is 0.615. The van der Waals surface area contributed by atoms with Crippen molar-refractivity contribution >= 4 is 17.5 Å². The molecule has 6 heteroatoms. The van der Waals surface area contributed by atoms with E-state index in [1.165, 1.54) is 12.4 Å². The SMILES string of the molecule is CC(C)N(C)CCCCNC(=O)c1cncc(Cl)n1. The van der Waals surface area contributed by atoms with Crippen LogP contribution in [0.4, 0.5) is 0 Å². The Morgan fingerprint density at radius 3 is 2.79 bits per heavy atom. The molecule has 1 amide bonds. The van der Waals surface area contributed by atoms with E-state index in [4.69, 9.17) is 11.6 Å². The number of carbonyl (C=O) groups excluding carboxylic acids is 1. The Bertz CT molecular complexity index is 411. The van der Waals surface area contributed by atoms with E-state index in [9.17, 15) is 4.79 Å². The van der Waals surface area contributed by atoms with Crippen molar-refractivity contribution < 1.29 is 4.79 Å². The summed E-state index contributed by atoms with van der Waals surface area (Å²) < 4.78 is 0. The molecule has 106 valence electrons. The Labute approximate surface area is 119 Å². The second-order valence-corrected chi connectivity index (χ2v) is 5.15. The Morgan fingerprint density at radius 2 is 2.16 bits per heavy atom. The van der Waals surface area contributed by atoms with Gasteiger partial charge in [0.15, 0.2) is 0 Å². The number of unbranched alkanes of at least 4 members (excludes halogenated alkanes) is 1. The smallest absolute Gasteiger partial charge is 0.271 e. The molecule has 1 aromatic heterocycles. The van der Waals surface area contributed by atoms with Gasteiger partial charge in [-0.2, -0.15) is 0 Å². The third-order valence-corrected chi connectivity index (χ3v) is 3.12. The summed E-state index contributed by atoms with van der Waals surface area (Å²) in [4.78, 5) is 21.7. The van der Waals surface area contributed by atoms with Crippen molar-refractivity contribution in [1.82, 2.24) is 20.2 Å². The van der Waals surface area contributed by atoms with E-state index < -0.39 is 0 Å². The predicted molar refractivity (Wildman–Crippen MR) is 76.4 cm³/mol. The highest BCUT2D eigenvalue weighted by Crippen LogP contribution is 2.02. The summed E-state index contributed by atoms with van der Waals surface area (Å²) in [5, 5.41) is 3.04. The van der Waals surface area contributed by atoms with Gasteiger partial charge in [-0.15, -0.1) is 0 Å². The molecule has 0 saturated carbocycles. The van der Waals surface area contributed by atoms with Crippen LogP contribution in [0.15, 0.2) is 12.4 Å². The maximum atomic E-state index is 11.7. The number of amides is 1. The molecule has 1 rings (SSSR count). The molecule has 0 atom stereocenters. The molecule has 0 aromatic carbocycles. The summed E-state index contributed by atoms with van der Waals surface area (Å²) >= 11 is 5.68. The summed E-state index contributed by atoms with van der Waals surface area (Å²) in [6, 6.07) is 0.552. The molecule has 0 aliphatic rings. The summed E-state index contributed by atoms with van der Waals surface area (Å²) in [5.74, 6) is -0.229. The normalized spacial score (nSPS) is 11.1. The van der Waals surface area contributed by atoms with Crippen LogP contribution in [-0.2, 0) is 0 Å². The molecule has 1 aromatic rings. The minimum absolute atomic E-state index is 0.228. The van der Waals surface area contributed by atoms with Gasteiger partial charge in [-0.25, -0.2) is 4.98 Å². The van der Waals surface area contributed by atoms with Crippen LogP contribution in [-0.4, -0.2) is 47.0 Å². The Balaban J connectivity index is 2.21. The van der Waals surface area contributed by atoms with Gasteiger partial charge in [-0.05, 0) is 40.3 Å². The van der Waals surface area contributed by atoms with Gasteiger partial charge in [-0.3, -0.25) is 9.78 Å². The van der Waals surface area contributed by atoms with Crippen molar-refractivity contribution in [3.8, 4) is 0 Å². The number of carbonyl (C=O) groups is 1. The van der Waals surface area contributed by atoms with Crippen LogP contribution >= 0.6 is 11.6 Å². The van der Waals surface area contributed by atoms with E-state index in [1.54, 1.807) is 0 Å². The van der Waals surface area contributed by atoms with Crippen LogP contribution in [0.1, 0.15) is 37.2 Å². The first-order valence-electron chi connectivity index (χ1n) is 6.46. The molecule has 1 heterocycles. The van der Waals surface area contributed by atoms with Gasteiger partial charge in [0.05, 0.1) is 12.4 Å². The van der Waals surface area contributed by atoms with Crippen molar-refractivity contribution in [2.75, 3.05) is 20.1 Å².